The first-order chi connectivity index (χ1) is 29.6. The molecule has 0 aromatic carbocycles. The summed E-state index contributed by atoms with van der Waals surface area (Å²) < 4.78 is 12.6. The minimum Gasteiger partial charge on any atom is -0.465 e. The average Bonchev–Trinajstić information content (AvgIpc) is 3.23. The highest BCUT2D eigenvalue weighted by molar-refractivity contribution is 5.78. The van der Waals surface area contributed by atoms with E-state index in [1.165, 1.54) is 180 Å². The van der Waals surface area contributed by atoms with Gasteiger partial charge in [0, 0.05) is 25.8 Å². The first-order valence-electron chi connectivity index (χ1n) is 27.0. The number of amides is 1. The monoisotopic (exact) mass is 864 g/mol. The third kappa shape index (κ3) is 43.4. The van der Waals surface area contributed by atoms with Gasteiger partial charge < -0.3 is 19.3 Å². The van der Waals surface area contributed by atoms with Gasteiger partial charge in [-0.15, -0.1) is 0 Å². The molecule has 0 aliphatic carbocycles. The normalized spacial score (nSPS) is 12.7. The van der Waals surface area contributed by atoms with Gasteiger partial charge >= 0.3 is 12.1 Å². The van der Waals surface area contributed by atoms with Crippen LogP contribution in [0.25, 0.3) is 0 Å². The Balaban J connectivity index is 4.89. The van der Waals surface area contributed by atoms with Crippen molar-refractivity contribution in [2.45, 2.75) is 278 Å². The lowest BCUT2D eigenvalue weighted by molar-refractivity contribution is -0.877. The molecule has 0 saturated heterocycles. The van der Waals surface area contributed by atoms with Crippen LogP contribution in [-0.4, -0.2) is 69.8 Å². The number of carbonyl (C=O) groups is 3. The van der Waals surface area contributed by atoms with Gasteiger partial charge in [-0.1, -0.05) is 226 Å². The summed E-state index contributed by atoms with van der Waals surface area (Å²) in [5.74, 6) is 0.209. The number of hydrogen-bond acceptors (Lipinski definition) is 5. The molecule has 61 heavy (non-hydrogen) atoms. The van der Waals surface area contributed by atoms with Crippen molar-refractivity contribution in [1.29, 1.82) is 0 Å². The van der Waals surface area contributed by atoms with Gasteiger partial charge in [0.2, 0.25) is 0 Å². The van der Waals surface area contributed by atoms with Gasteiger partial charge in [0.1, 0.15) is 19.0 Å². The van der Waals surface area contributed by atoms with Crippen molar-refractivity contribution in [2.75, 3.05) is 47.4 Å². The van der Waals surface area contributed by atoms with Crippen LogP contribution in [0.4, 0.5) is 4.79 Å². The summed E-state index contributed by atoms with van der Waals surface area (Å²) in [6, 6.07) is 0. The Morgan fingerprint density at radius 3 is 1.13 bits per heavy atom. The van der Waals surface area contributed by atoms with Gasteiger partial charge in [0.25, 0.3) is 0 Å². The molecule has 1 unspecified atom stereocenters. The van der Waals surface area contributed by atoms with Gasteiger partial charge in [-0.05, 0) is 32.1 Å². The Hall–Kier alpha value is -1.63. The Morgan fingerprint density at radius 2 is 0.738 bits per heavy atom. The molecular weight excluding hydrogens is 757 g/mol. The smallest absolute Gasteiger partial charge is 0.407 e. The van der Waals surface area contributed by atoms with Crippen molar-refractivity contribution in [3.8, 4) is 0 Å². The van der Waals surface area contributed by atoms with Crippen LogP contribution in [0.3, 0.4) is 0 Å². The van der Waals surface area contributed by atoms with E-state index in [2.05, 4.69) is 47.2 Å². The van der Waals surface area contributed by atoms with Crippen LogP contribution in [0.1, 0.15) is 278 Å². The molecule has 0 aromatic rings. The zero-order valence-electron chi connectivity index (χ0n) is 42.1. The number of carbonyl (C=O) groups excluding carboxylic acids is 3. The molecule has 0 aromatic heterocycles. The highest BCUT2D eigenvalue weighted by Gasteiger charge is 2.39. The summed E-state index contributed by atoms with van der Waals surface area (Å²) in [6.07, 6.45) is 47.0. The molecular formula is C54H107N2O5+. The summed E-state index contributed by atoms with van der Waals surface area (Å²) in [5, 5.41) is 2.99. The summed E-state index contributed by atoms with van der Waals surface area (Å²) >= 11 is 0. The molecule has 0 spiro atoms. The van der Waals surface area contributed by atoms with Crippen LogP contribution < -0.4 is 5.32 Å². The number of quaternary nitrogens is 1. The summed E-state index contributed by atoms with van der Waals surface area (Å²) in [5.41, 5.74) is -0.516. The van der Waals surface area contributed by atoms with Gasteiger partial charge in [-0.3, -0.25) is 9.59 Å². The lowest BCUT2D eigenvalue weighted by Gasteiger charge is -2.38. The van der Waals surface area contributed by atoms with Crippen LogP contribution in [-0.2, 0) is 19.1 Å². The lowest BCUT2D eigenvalue weighted by atomic mass is 9.82. The molecule has 0 bridgehead atoms. The second-order valence-corrected chi connectivity index (χ2v) is 20.3. The summed E-state index contributed by atoms with van der Waals surface area (Å²) in [4.78, 5) is 38.9. The van der Waals surface area contributed by atoms with Gasteiger partial charge in [0.05, 0.1) is 33.1 Å². The minimum absolute atomic E-state index is 0.153. The maximum absolute atomic E-state index is 13.1. The molecule has 0 rings (SSSR count). The first-order valence-corrected chi connectivity index (χ1v) is 27.0. The molecule has 7 heteroatoms. The topological polar surface area (TPSA) is 81.7 Å². The van der Waals surface area contributed by atoms with Gasteiger partial charge in [-0.25, -0.2) is 4.79 Å². The van der Waals surface area contributed by atoms with Crippen molar-refractivity contribution in [3.63, 3.8) is 0 Å². The number of rotatable bonds is 48. The Bertz CT molecular complexity index is 981. The second-order valence-electron chi connectivity index (χ2n) is 20.3. The predicted molar refractivity (Wildman–Crippen MR) is 262 cm³/mol. The van der Waals surface area contributed by atoms with Crippen LogP contribution in [0, 0.1) is 5.41 Å². The molecule has 362 valence electrons. The quantitative estimate of drug-likeness (QED) is 0.0374. The number of ether oxygens (including phenoxy) is 2. The van der Waals surface area contributed by atoms with E-state index in [4.69, 9.17) is 9.47 Å². The number of Topliss-reactive ketones (excluding diaryl/α,β-unsaturated/α-hetero) is 1. The van der Waals surface area contributed by atoms with E-state index in [-0.39, 0.29) is 25.3 Å². The average molecular weight is 864 g/mol. The maximum atomic E-state index is 13.1. The Morgan fingerprint density at radius 1 is 0.410 bits per heavy atom. The van der Waals surface area contributed by atoms with Crippen LogP contribution >= 0.6 is 0 Å². The number of hydrogen-bond donors (Lipinski definition) is 1. The van der Waals surface area contributed by atoms with E-state index in [1.807, 2.05) is 0 Å². The number of alkyl carbamates (subject to hydrolysis) is 1. The molecule has 0 fully saturated rings. The van der Waals surface area contributed by atoms with Crippen molar-refractivity contribution in [3.05, 3.63) is 0 Å². The number of unbranched alkanes of at least 4 members (excludes halogenated alkanes) is 32. The number of nitrogens with one attached hydrogen (secondary N) is 1. The molecule has 0 heterocycles. The molecule has 7 nitrogen and oxygen atoms in total. The van der Waals surface area contributed by atoms with Gasteiger partial charge in [-0.2, -0.15) is 0 Å². The fourth-order valence-electron chi connectivity index (χ4n) is 8.96. The Kier molecular flexibility index (Phi) is 42.4. The van der Waals surface area contributed by atoms with E-state index >= 15 is 0 Å². The van der Waals surface area contributed by atoms with E-state index in [1.54, 1.807) is 0 Å². The van der Waals surface area contributed by atoms with E-state index in [9.17, 15) is 14.4 Å². The van der Waals surface area contributed by atoms with Crippen molar-refractivity contribution < 1.29 is 28.3 Å². The van der Waals surface area contributed by atoms with Crippen molar-refractivity contribution in [1.82, 2.24) is 5.32 Å². The predicted octanol–water partition coefficient (Wildman–Crippen LogP) is 16.2. The molecule has 0 aliphatic heterocycles. The molecule has 1 amide bonds. The second kappa shape index (κ2) is 43.6. The molecule has 0 radical (unpaired) electrons. The first kappa shape index (κ1) is 59.4. The van der Waals surface area contributed by atoms with E-state index in [0.717, 1.165) is 57.8 Å². The highest BCUT2D eigenvalue weighted by atomic mass is 16.6. The zero-order chi connectivity index (χ0) is 45.0. The highest BCUT2D eigenvalue weighted by Crippen LogP contribution is 2.30. The maximum Gasteiger partial charge on any atom is 0.407 e. The fourth-order valence-corrected chi connectivity index (χ4v) is 8.96. The van der Waals surface area contributed by atoms with Crippen LogP contribution in [0.2, 0.25) is 0 Å². The zero-order valence-corrected chi connectivity index (χ0v) is 42.1. The number of ketones is 1. The number of nitrogens with zero attached hydrogens (tertiary/aromatic N) is 1. The van der Waals surface area contributed by atoms with Crippen molar-refractivity contribution >= 4 is 17.8 Å². The Labute approximate surface area is 380 Å². The SMILES string of the molecule is CCCCCCCCCCCCCCNC(=O)OCC(CCCCC(=O)CCCCCCCCCCCCC)(COC(=O)CCCCCCCCCCCCC)C[N+](C)(C)C. The molecule has 0 saturated carbocycles. The minimum atomic E-state index is -0.516. The molecule has 1 atom stereocenters. The standard InChI is InChI=1S/C54H106N2O5/c1-7-10-13-16-19-22-25-28-31-34-37-42-47-55-53(59)61-50-54(48-56(4,5)6,49-60-52(58)45-39-36-33-30-27-24-21-18-15-12-9-3)46-41-40-44-51(57)43-38-35-32-29-26-23-20-17-14-11-8-2/h7-50H2,1-6H3/p+1. The fraction of sp³-hybridized carbons (Fsp3) is 0.944. The third-order valence-electron chi connectivity index (χ3n) is 12.6. The van der Waals surface area contributed by atoms with Crippen LogP contribution in [0.15, 0.2) is 0 Å². The lowest BCUT2D eigenvalue weighted by Crippen LogP contribution is -2.50. The van der Waals surface area contributed by atoms with Crippen LogP contribution in [0.5, 0.6) is 0 Å². The van der Waals surface area contributed by atoms with Crippen molar-refractivity contribution in [2.24, 2.45) is 5.41 Å². The number of esters is 1. The summed E-state index contributed by atoms with van der Waals surface area (Å²) in [7, 11) is 6.44. The van der Waals surface area contributed by atoms with E-state index in [0.29, 0.717) is 42.6 Å². The van der Waals surface area contributed by atoms with Gasteiger partial charge in [0.15, 0.2) is 0 Å². The third-order valence-corrected chi connectivity index (χ3v) is 12.6. The molecule has 1 N–H and O–H groups in total. The van der Waals surface area contributed by atoms with E-state index < -0.39 is 5.41 Å². The largest absolute Gasteiger partial charge is 0.465 e. The molecule has 0 aliphatic rings. The summed E-state index contributed by atoms with van der Waals surface area (Å²) in [6.45, 7) is 8.56.